The molecule has 0 aromatic carbocycles. The third-order valence-electron chi connectivity index (χ3n) is 1.95. The van der Waals surface area contributed by atoms with Crippen LogP contribution in [-0.2, 0) is 7.05 Å². The largest absolute Gasteiger partial charge is 0.388 e. The minimum absolute atomic E-state index is 0.412. The van der Waals surface area contributed by atoms with Crippen molar-refractivity contribution in [2.75, 3.05) is 0 Å². The lowest BCUT2D eigenvalue weighted by molar-refractivity contribution is 0.168. The molecule has 1 atom stereocenters. The highest BCUT2D eigenvalue weighted by Gasteiger charge is 2.08. The summed E-state index contributed by atoms with van der Waals surface area (Å²) in [5.41, 5.74) is 1.98. The molecule has 0 aliphatic carbocycles. The summed E-state index contributed by atoms with van der Waals surface area (Å²) in [6, 6.07) is 0. The monoisotopic (exact) mass is 180 g/mol. The van der Waals surface area contributed by atoms with Gasteiger partial charge in [0.1, 0.15) is 0 Å². The van der Waals surface area contributed by atoms with Gasteiger partial charge in [0.2, 0.25) is 0 Å². The number of aryl methyl sites for hydroxylation is 1. The Morgan fingerprint density at radius 3 is 2.92 bits per heavy atom. The maximum Gasteiger partial charge on any atom is 0.0823 e. The van der Waals surface area contributed by atoms with Crippen molar-refractivity contribution in [2.45, 2.75) is 25.9 Å². The molecule has 0 saturated heterocycles. The van der Waals surface area contributed by atoms with Gasteiger partial charge in [-0.25, -0.2) is 0 Å². The van der Waals surface area contributed by atoms with Crippen LogP contribution in [0.4, 0.5) is 0 Å². The van der Waals surface area contributed by atoms with Gasteiger partial charge in [-0.3, -0.25) is 4.68 Å². The Hall–Kier alpha value is -1.09. The van der Waals surface area contributed by atoms with Crippen molar-refractivity contribution >= 4 is 0 Å². The number of rotatable bonds is 4. The molecule has 1 rings (SSSR count). The highest BCUT2D eigenvalue weighted by Crippen LogP contribution is 2.18. The molecule has 0 saturated carbocycles. The van der Waals surface area contributed by atoms with E-state index in [1.54, 1.807) is 10.9 Å². The number of hydrogen-bond donors (Lipinski definition) is 1. The average Bonchev–Trinajstić information content (AvgIpc) is 2.47. The molecule has 0 spiro atoms. The summed E-state index contributed by atoms with van der Waals surface area (Å²) in [5.74, 6) is 0. The normalized spacial score (nSPS) is 12.8. The van der Waals surface area contributed by atoms with E-state index in [0.29, 0.717) is 0 Å². The Balaban J connectivity index is 2.48. The molecule has 3 nitrogen and oxygen atoms in total. The number of aromatic nitrogens is 2. The highest BCUT2D eigenvalue weighted by molar-refractivity contribution is 5.08. The van der Waals surface area contributed by atoms with Gasteiger partial charge in [0.15, 0.2) is 0 Å². The lowest BCUT2D eigenvalue weighted by Crippen LogP contribution is -1.96. The van der Waals surface area contributed by atoms with E-state index in [1.165, 1.54) is 0 Å². The van der Waals surface area contributed by atoms with Crippen LogP contribution in [0.25, 0.3) is 0 Å². The first kappa shape index (κ1) is 9.99. The number of aliphatic hydroxyl groups excluding tert-OH is 1. The van der Waals surface area contributed by atoms with E-state index in [1.807, 2.05) is 20.2 Å². The molecule has 0 aliphatic rings. The third-order valence-corrected chi connectivity index (χ3v) is 1.95. The van der Waals surface area contributed by atoms with E-state index in [4.69, 9.17) is 0 Å². The van der Waals surface area contributed by atoms with Gasteiger partial charge in [-0.15, -0.1) is 6.58 Å². The molecule has 1 heterocycles. The van der Waals surface area contributed by atoms with Gasteiger partial charge < -0.3 is 5.11 Å². The standard InChI is InChI=1S/C10H16N2O/c1-8(2)4-5-10(13)9-6-11-12(3)7-9/h6-7,10,13H,1,4-5H2,2-3H3. The first-order valence-electron chi connectivity index (χ1n) is 4.40. The quantitative estimate of drug-likeness (QED) is 0.717. The fourth-order valence-electron chi connectivity index (χ4n) is 1.16. The molecular formula is C10H16N2O. The smallest absolute Gasteiger partial charge is 0.0823 e. The van der Waals surface area contributed by atoms with Crippen LogP contribution in [-0.4, -0.2) is 14.9 Å². The molecule has 0 bridgehead atoms. The van der Waals surface area contributed by atoms with Crippen molar-refractivity contribution in [3.8, 4) is 0 Å². The van der Waals surface area contributed by atoms with Gasteiger partial charge in [-0.1, -0.05) is 5.57 Å². The Kier molecular flexibility index (Phi) is 3.25. The summed E-state index contributed by atoms with van der Waals surface area (Å²) in [6.07, 6.45) is 4.70. The van der Waals surface area contributed by atoms with Crippen LogP contribution in [0.3, 0.4) is 0 Å². The molecule has 72 valence electrons. The molecule has 0 radical (unpaired) electrons. The summed E-state index contributed by atoms with van der Waals surface area (Å²) >= 11 is 0. The Morgan fingerprint density at radius 2 is 2.46 bits per heavy atom. The van der Waals surface area contributed by atoms with Crippen molar-refractivity contribution in [2.24, 2.45) is 7.05 Å². The Bertz CT molecular complexity index is 291. The molecule has 1 aromatic heterocycles. The summed E-state index contributed by atoms with van der Waals surface area (Å²) < 4.78 is 1.69. The second-order valence-corrected chi connectivity index (χ2v) is 3.46. The first-order chi connectivity index (χ1) is 6.09. The van der Waals surface area contributed by atoms with Gasteiger partial charge in [-0.05, 0) is 19.8 Å². The van der Waals surface area contributed by atoms with Crippen LogP contribution >= 0.6 is 0 Å². The van der Waals surface area contributed by atoms with E-state index >= 15 is 0 Å². The van der Waals surface area contributed by atoms with E-state index in [0.717, 1.165) is 24.0 Å². The molecule has 0 fully saturated rings. The minimum Gasteiger partial charge on any atom is -0.388 e. The van der Waals surface area contributed by atoms with Crippen molar-refractivity contribution in [3.05, 3.63) is 30.1 Å². The van der Waals surface area contributed by atoms with Gasteiger partial charge in [0.25, 0.3) is 0 Å². The van der Waals surface area contributed by atoms with Crippen LogP contribution in [0.1, 0.15) is 31.4 Å². The van der Waals surface area contributed by atoms with E-state index in [-0.39, 0.29) is 0 Å². The molecular weight excluding hydrogens is 164 g/mol. The zero-order valence-electron chi connectivity index (χ0n) is 8.20. The van der Waals surface area contributed by atoms with E-state index in [2.05, 4.69) is 11.7 Å². The van der Waals surface area contributed by atoms with Crippen molar-refractivity contribution in [1.82, 2.24) is 9.78 Å². The second-order valence-electron chi connectivity index (χ2n) is 3.46. The number of nitrogens with zero attached hydrogens (tertiary/aromatic N) is 2. The van der Waals surface area contributed by atoms with Crippen LogP contribution in [0.2, 0.25) is 0 Å². The zero-order chi connectivity index (χ0) is 9.84. The number of hydrogen-bond acceptors (Lipinski definition) is 2. The topological polar surface area (TPSA) is 38.1 Å². The van der Waals surface area contributed by atoms with Crippen molar-refractivity contribution in [3.63, 3.8) is 0 Å². The van der Waals surface area contributed by atoms with Crippen LogP contribution in [0.5, 0.6) is 0 Å². The van der Waals surface area contributed by atoms with E-state index < -0.39 is 6.10 Å². The average molecular weight is 180 g/mol. The zero-order valence-corrected chi connectivity index (χ0v) is 8.20. The molecule has 3 heteroatoms. The number of allylic oxidation sites excluding steroid dienone is 1. The van der Waals surface area contributed by atoms with Crippen LogP contribution in [0.15, 0.2) is 24.5 Å². The summed E-state index contributed by atoms with van der Waals surface area (Å²) in [5, 5.41) is 13.7. The number of aliphatic hydroxyl groups is 1. The molecule has 1 N–H and O–H groups in total. The van der Waals surface area contributed by atoms with Crippen molar-refractivity contribution < 1.29 is 5.11 Å². The maximum atomic E-state index is 9.69. The fraction of sp³-hybridized carbons (Fsp3) is 0.500. The first-order valence-corrected chi connectivity index (χ1v) is 4.40. The molecule has 13 heavy (non-hydrogen) atoms. The predicted molar refractivity (Wildman–Crippen MR) is 52.2 cm³/mol. The summed E-state index contributed by atoms with van der Waals surface area (Å²) in [6.45, 7) is 5.76. The predicted octanol–water partition coefficient (Wildman–Crippen LogP) is 1.81. The fourth-order valence-corrected chi connectivity index (χ4v) is 1.16. The maximum absolute atomic E-state index is 9.69. The van der Waals surface area contributed by atoms with Gasteiger partial charge in [0.05, 0.1) is 12.3 Å². The van der Waals surface area contributed by atoms with Crippen LogP contribution in [0, 0.1) is 0 Å². The molecule has 1 aromatic rings. The lowest BCUT2D eigenvalue weighted by atomic mass is 10.1. The van der Waals surface area contributed by atoms with Crippen LogP contribution < -0.4 is 0 Å². The summed E-state index contributed by atoms with van der Waals surface area (Å²) in [4.78, 5) is 0. The Labute approximate surface area is 78.7 Å². The minimum atomic E-state index is -0.412. The van der Waals surface area contributed by atoms with E-state index in [9.17, 15) is 5.11 Å². The lowest BCUT2D eigenvalue weighted by Gasteiger charge is -2.07. The highest BCUT2D eigenvalue weighted by atomic mass is 16.3. The molecule has 1 unspecified atom stereocenters. The van der Waals surface area contributed by atoms with Gasteiger partial charge >= 0.3 is 0 Å². The molecule has 0 amide bonds. The Morgan fingerprint density at radius 1 is 1.77 bits per heavy atom. The van der Waals surface area contributed by atoms with Gasteiger partial charge in [0, 0.05) is 18.8 Å². The second kappa shape index (κ2) is 4.23. The SMILES string of the molecule is C=C(C)CCC(O)c1cnn(C)c1. The van der Waals surface area contributed by atoms with Crippen molar-refractivity contribution in [1.29, 1.82) is 0 Å². The third kappa shape index (κ3) is 3.03. The molecule has 0 aliphatic heterocycles. The summed E-state index contributed by atoms with van der Waals surface area (Å²) in [7, 11) is 1.84. The van der Waals surface area contributed by atoms with Gasteiger partial charge in [-0.2, -0.15) is 5.10 Å².